The number of carbonyl (C=O) groups excluding carboxylic acids is 1. The normalized spacial score (nSPS) is 32.4. The number of aryl methyl sites for hydroxylation is 1. The van der Waals surface area contributed by atoms with Gasteiger partial charge in [0.05, 0.1) is 16.9 Å². The number of carboxylic acid groups (broad SMARTS) is 1. The summed E-state index contributed by atoms with van der Waals surface area (Å²) in [6.45, 7) is 2.12. The summed E-state index contributed by atoms with van der Waals surface area (Å²) >= 11 is 0. The molecule has 0 heterocycles. The molecule has 0 aromatic heterocycles. The van der Waals surface area contributed by atoms with Gasteiger partial charge in [-0.15, -0.1) is 0 Å². The summed E-state index contributed by atoms with van der Waals surface area (Å²) in [6, 6.07) is 5.66. The molecule has 0 saturated heterocycles. The topological polar surface area (TPSA) is 86.3 Å². The van der Waals surface area contributed by atoms with Crippen molar-refractivity contribution >= 4 is 16.0 Å². The van der Waals surface area contributed by atoms with E-state index < -0.39 is 27.4 Å². The zero-order chi connectivity index (χ0) is 19.9. The van der Waals surface area contributed by atoms with Gasteiger partial charge in [-0.05, 0) is 92.2 Å². The maximum Gasteiger partial charge on any atom is 0.241 e. The van der Waals surface area contributed by atoms with Crippen LogP contribution >= 0.6 is 0 Å². The van der Waals surface area contributed by atoms with Crippen LogP contribution in [0.1, 0.15) is 63.9 Å². The molecule has 0 unspecified atom stereocenters. The Labute approximate surface area is 168 Å². The fourth-order valence-corrected chi connectivity index (χ4v) is 7.68. The van der Waals surface area contributed by atoms with Gasteiger partial charge in [-0.2, -0.15) is 0 Å². The predicted molar refractivity (Wildman–Crippen MR) is 105 cm³/mol. The minimum Gasteiger partial charge on any atom is -0.548 e. The van der Waals surface area contributed by atoms with Gasteiger partial charge in [0.25, 0.3) is 0 Å². The van der Waals surface area contributed by atoms with Gasteiger partial charge in [0.1, 0.15) is 0 Å². The van der Waals surface area contributed by atoms with Crippen LogP contribution in [0.4, 0.5) is 0 Å². The molecule has 6 heteroatoms. The molecule has 0 radical (unpaired) electrons. The monoisotopic (exact) mass is 404 g/mol. The first-order valence-corrected chi connectivity index (χ1v) is 12.1. The molecule has 4 aliphatic carbocycles. The number of carbonyl (C=O) groups is 1. The lowest BCUT2D eigenvalue weighted by atomic mass is 9.48. The van der Waals surface area contributed by atoms with Gasteiger partial charge < -0.3 is 9.90 Å². The smallest absolute Gasteiger partial charge is 0.241 e. The molecule has 1 aromatic carbocycles. The summed E-state index contributed by atoms with van der Waals surface area (Å²) in [4.78, 5) is 12.2. The van der Waals surface area contributed by atoms with Crippen molar-refractivity contribution < 1.29 is 18.3 Å². The summed E-state index contributed by atoms with van der Waals surface area (Å²) in [5.74, 6) is 0.325. The number of rotatable bonds is 8. The lowest BCUT2D eigenvalue weighted by Gasteiger charge is -2.59. The first-order valence-electron chi connectivity index (χ1n) is 10.6. The molecule has 1 atom stereocenters. The Balaban J connectivity index is 1.55. The predicted octanol–water partition coefficient (Wildman–Crippen LogP) is 2.64. The fraction of sp³-hybridized carbons (Fsp3) is 0.682. The van der Waals surface area contributed by atoms with Crippen molar-refractivity contribution in [3.63, 3.8) is 0 Å². The van der Waals surface area contributed by atoms with E-state index in [1.165, 1.54) is 19.3 Å². The van der Waals surface area contributed by atoms with Gasteiger partial charge in [-0.1, -0.05) is 25.5 Å². The Morgan fingerprint density at radius 2 is 1.64 bits per heavy atom. The molecule has 4 aliphatic rings. The zero-order valence-electron chi connectivity index (χ0n) is 16.5. The third-order valence-corrected chi connectivity index (χ3v) is 8.70. The van der Waals surface area contributed by atoms with Crippen molar-refractivity contribution in [3.8, 4) is 0 Å². The minimum absolute atomic E-state index is 0.128. The molecule has 1 aromatic rings. The number of nitrogens with one attached hydrogen (secondary N) is 1. The number of unbranched alkanes of at least 4 members (excludes halogenated alkanes) is 1. The van der Waals surface area contributed by atoms with E-state index in [9.17, 15) is 18.3 Å². The molecule has 0 aliphatic heterocycles. The highest BCUT2D eigenvalue weighted by Crippen LogP contribution is 2.61. The second-order valence-corrected chi connectivity index (χ2v) is 11.1. The largest absolute Gasteiger partial charge is 0.548 e. The number of aliphatic carboxylic acids is 1. The van der Waals surface area contributed by atoms with E-state index in [2.05, 4.69) is 11.6 Å². The van der Waals surface area contributed by atoms with Crippen molar-refractivity contribution in [2.45, 2.75) is 75.6 Å². The van der Waals surface area contributed by atoms with Crippen molar-refractivity contribution in [1.29, 1.82) is 0 Å². The summed E-state index contributed by atoms with van der Waals surface area (Å²) in [5.41, 5.74) is 0.611. The minimum atomic E-state index is -3.91. The Kier molecular flexibility index (Phi) is 5.29. The van der Waals surface area contributed by atoms with E-state index >= 15 is 0 Å². The van der Waals surface area contributed by atoms with Crippen molar-refractivity contribution in [1.82, 2.24) is 4.72 Å². The van der Waals surface area contributed by atoms with Gasteiger partial charge in [-0.25, -0.2) is 13.1 Å². The van der Waals surface area contributed by atoms with Gasteiger partial charge in [0.15, 0.2) is 0 Å². The van der Waals surface area contributed by atoms with Crippen LogP contribution in [0, 0.1) is 23.2 Å². The summed E-state index contributed by atoms with van der Waals surface area (Å²) in [5, 5.41) is 12.1. The van der Waals surface area contributed by atoms with E-state index in [-0.39, 0.29) is 4.90 Å². The molecule has 28 heavy (non-hydrogen) atoms. The highest BCUT2D eigenvalue weighted by atomic mass is 32.2. The van der Waals surface area contributed by atoms with Crippen LogP contribution in [0.15, 0.2) is 29.2 Å². The van der Waals surface area contributed by atoms with E-state index in [4.69, 9.17) is 0 Å². The van der Waals surface area contributed by atoms with Crippen molar-refractivity contribution in [2.24, 2.45) is 23.2 Å². The highest BCUT2D eigenvalue weighted by molar-refractivity contribution is 7.89. The van der Waals surface area contributed by atoms with Gasteiger partial charge in [0, 0.05) is 0 Å². The number of carboxylic acids is 1. The number of hydrogen-bond donors (Lipinski definition) is 1. The fourth-order valence-electron chi connectivity index (χ4n) is 6.39. The second kappa shape index (κ2) is 7.45. The molecule has 4 fully saturated rings. The maximum absolute atomic E-state index is 13.0. The third-order valence-electron chi connectivity index (χ3n) is 7.26. The number of sulfonamides is 1. The van der Waals surface area contributed by atoms with E-state index in [0.29, 0.717) is 17.8 Å². The Morgan fingerprint density at radius 3 is 2.11 bits per heavy atom. The standard InChI is InChI=1S/C22H31NO4S/c1-2-3-4-15-5-7-19(8-6-15)28(26,27)23-20(21(24)25)22-12-16-9-17(13-22)11-18(10-16)14-22/h5-8,16-18,20,23H,2-4,9-14H2,1H3,(H,24,25)/p-1/t16?,17?,18?,20-,22?/m1/s1. The maximum atomic E-state index is 13.0. The molecule has 4 bridgehead atoms. The Hall–Kier alpha value is -1.40. The van der Waals surface area contributed by atoms with Crippen LogP contribution in [0.2, 0.25) is 0 Å². The lowest BCUT2D eigenvalue weighted by molar-refractivity contribution is -0.313. The van der Waals surface area contributed by atoms with Gasteiger partial charge >= 0.3 is 0 Å². The number of hydrogen-bond acceptors (Lipinski definition) is 4. The third kappa shape index (κ3) is 3.73. The van der Waals surface area contributed by atoms with Gasteiger partial charge in [-0.3, -0.25) is 0 Å². The molecule has 4 saturated carbocycles. The van der Waals surface area contributed by atoms with E-state index in [1.54, 1.807) is 12.1 Å². The summed E-state index contributed by atoms with van der Waals surface area (Å²) in [6.07, 6.45) is 8.98. The summed E-state index contributed by atoms with van der Waals surface area (Å²) < 4.78 is 28.5. The van der Waals surface area contributed by atoms with Crippen molar-refractivity contribution in [2.75, 3.05) is 0 Å². The molecule has 5 rings (SSSR count). The lowest BCUT2D eigenvalue weighted by Crippen LogP contribution is -2.62. The first-order chi connectivity index (χ1) is 13.3. The molecule has 154 valence electrons. The molecular formula is C22H30NO4S-. The molecule has 0 spiro atoms. The van der Waals surface area contributed by atoms with Crippen LogP contribution < -0.4 is 9.83 Å². The second-order valence-electron chi connectivity index (χ2n) is 9.40. The Morgan fingerprint density at radius 1 is 1.11 bits per heavy atom. The van der Waals surface area contributed by atoms with Crippen LogP contribution in [0.5, 0.6) is 0 Å². The molecule has 1 N–H and O–H groups in total. The molecular weight excluding hydrogens is 374 g/mol. The van der Waals surface area contributed by atoms with Crippen LogP contribution in [-0.4, -0.2) is 20.4 Å². The SMILES string of the molecule is CCCCc1ccc(S(=O)(=O)N[C@H](C(=O)[O-])C23CC4CC(CC(C4)C2)C3)cc1. The Bertz CT molecular complexity index is 795. The van der Waals surface area contributed by atoms with Crippen LogP contribution in [0.25, 0.3) is 0 Å². The van der Waals surface area contributed by atoms with Crippen LogP contribution in [-0.2, 0) is 21.2 Å². The molecule has 0 amide bonds. The average molecular weight is 405 g/mol. The average Bonchev–Trinajstić information content (AvgIpc) is 2.63. The van der Waals surface area contributed by atoms with Crippen molar-refractivity contribution in [3.05, 3.63) is 29.8 Å². The molecule has 5 nitrogen and oxygen atoms in total. The summed E-state index contributed by atoms with van der Waals surface area (Å²) in [7, 11) is -3.91. The first kappa shape index (κ1) is 19.9. The quantitative estimate of drug-likeness (QED) is 0.722. The van der Waals surface area contributed by atoms with Crippen LogP contribution in [0.3, 0.4) is 0 Å². The number of benzene rings is 1. The highest BCUT2D eigenvalue weighted by Gasteiger charge is 2.55. The zero-order valence-corrected chi connectivity index (χ0v) is 17.3. The van der Waals surface area contributed by atoms with Gasteiger partial charge in [0.2, 0.25) is 10.0 Å². The van der Waals surface area contributed by atoms with E-state index in [1.807, 2.05) is 12.1 Å². The van der Waals surface area contributed by atoms with E-state index in [0.717, 1.165) is 44.1 Å².